The molecule has 3 unspecified atom stereocenters. The number of ether oxygens (including phenoxy) is 1. The lowest BCUT2D eigenvalue weighted by Crippen LogP contribution is -2.34. The van der Waals surface area contributed by atoms with Gasteiger partial charge in [-0.25, -0.2) is 4.39 Å². The van der Waals surface area contributed by atoms with Crippen LogP contribution in [0.3, 0.4) is 0 Å². The van der Waals surface area contributed by atoms with E-state index in [9.17, 15) is 4.39 Å². The van der Waals surface area contributed by atoms with E-state index in [1.165, 1.54) is 0 Å². The van der Waals surface area contributed by atoms with Gasteiger partial charge >= 0.3 is 0 Å². The summed E-state index contributed by atoms with van der Waals surface area (Å²) in [5.41, 5.74) is 3.30. The lowest BCUT2D eigenvalue weighted by Gasteiger charge is -2.22. The van der Waals surface area contributed by atoms with Crippen molar-refractivity contribution in [2.75, 3.05) is 6.61 Å². The van der Waals surface area contributed by atoms with Gasteiger partial charge in [-0.2, -0.15) is 0 Å². The summed E-state index contributed by atoms with van der Waals surface area (Å²) in [6.45, 7) is 2.63. The first-order chi connectivity index (χ1) is 8.13. The molecule has 0 aliphatic carbocycles. The van der Waals surface area contributed by atoms with Gasteiger partial charge in [0.05, 0.1) is 23.2 Å². The maximum atomic E-state index is 14.0. The van der Waals surface area contributed by atoms with Gasteiger partial charge in [-0.1, -0.05) is 12.1 Å². The number of hydrazine groups is 1. The molecule has 1 aliphatic rings. The van der Waals surface area contributed by atoms with Gasteiger partial charge in [-0.05, 0) is 35.3 Å². The minimum absolute atomic E-state index is 0.207. The minimum Gasteiger partial charge on any atom is -0.378 e. The molecule has 1 aliphatic heterocycles. The fourth-order valence-electron chi connectivity index (χ4n) is 2.32. The van der Waals surface area contributed by atoms with Crippen LogP contribution in [0.15, 0.2) is 22.7 Å². The smallest absolute Gasteiger partial charge is 0.142 e. The highest BCUT2D eigenvalue weighted by Crippen LogP contribution is 2.33. The quantitative estimate of drug-likeness (QED) is 0.666. The van der Waals surface area contributed by atoms with Crippen molar-refractivity contribution in [3.63, 3.8) is 0 Å². The normalized spacial score (nSPS) is 26.1. The summed E-state index contributed by atoms with van der Waals surface area (Å²) in [5, 5.41) is 0. The number of hydrogen-bond acceptors (Lipinski definition) is 3. The zero-order valence-electron chi connectivity index (χ0n) is 9.62. The highest BCUT2D eigenvalue weighted by Gasteiger charge is 2.31. The SMILES string of the molecule is CC1CC(C(NN)c2cccc(Br)c2F)CO1. The van der Waals surface area contributed by atoms with Gasteiger partial charge in [-0.3, -0.25) is 11.3 Å². The molecule has 0 saturated carbocycles. The van der Waals surface area contributed by atoms with Crippen LogP contribution in [0.25, 0.3) is 0 Å². The fraction of sp³-hybridized carbons (Fsp3) is 0.500. The van der Waals surface area contributed by atoms with Crippen molar-refractivity contribution in [3.05, 3.63) is 34.1 Å². The molecular weight excluding hydrogens is 287 g/mol. The minimum atomic E-state index is -0.255. The Morgan fingerprint density at radius 2 is 2.35 bits per heavy atom. The maximum Gasteiger partial charge on any atom is 0.142 e. The first kappa shape index (κ1) is 13.0. The van der Waals surface area contributed by atoms with Crippen LogP contribution in [-0.4, -0.2) is 12.7 Å². The van der Waals surface area contributed by atoms with Crippen LogP contribution < -0.4 is 11.3 Å². The molecule has 3 nitrogen and oxygen atoms in total. The summed E-state index contributed by atoms with van der Waals surface area (Å²) in [6, 6.07) is 5.04. The molecule has 5 heteroatoms. The van der Waals surface area contributed by atoms with E-state index in [4.69, 9.17) is 10.6 Å². The number of nitrogens with two attached hydrogens (primary N) is 1. The second-order valence-corrected chi connectivity index (χ2v) is 5.28. The highest BCUT2D eigenvalue weighted by molar-refractivity contribution is 9.10. The standard InChI is InChI=1S/C12H16BrFN2O/c1-7-5-8(6-17-7)12(16-15)9-3-2-4-10(13)11(9)14/h2-4,7-8,12,16H,5-6,15H2,1H3. The number of hydrogen-bond donors (Lipinski definition) is 2. The fourth-order valence-corrected chi connectivity index (χ4v) is 2.70. The average Bonchev–Trinajstić information content (AvgIpc) is 2.72. The van der Waals surface area contributed by atoms with Crippen LogP contribution in [0.4, 0.5) is 4.39 Å². The van der Waals surface area contributed by atoms with Gasteiger partial charge in [0.1, 0.15) is 5.82 Å². The van der Waals surface area contributed by atoms with Crippen LogP contribution in [0.2, 0.25) is 0 Å². The summed E-state index contributed by atoms with van der Waals surface area (Å²) in [6.07, 6.45) is 1.10. The van der Waals surface area contributed by atoms with Crippen molar-refractivity contribution >= 4 is 15.9 Å². The molecule has 0 amide bonds. The lowest BCUT2D eigenvalue weighted by molar-refractivity contribution is 0.116. The first-order valence-electron chi connectivity index (χ1n) is 5.65. The summed E-state index contributed by atoms with van der Waals surface area (Å²) in [5.74, 6) is 5.51. The predicted octanol–water partition coefficient (Wildman–Crippen LogP) is 2.52. The largest absolute Gasteiger partial charge is 0.378 e. The monoisotopic (exact) mass is 302 g/mol. The molecule has 3 N–H and O–H groups in total. The van der Waals surface area contributed by atoms with Crippen molar-refractivity contribution in [2.45, 2.75) is 25.5 Å². The molecule has 0 aromatic heterocycles. The average molecular weight is 303 g/mol. The molecule has 0 spiro atoms. The lowest BCUT2D eigenvalue weighted by atomic mass is 9.91. The summed E-state index contributed by atoms with van der Waals surface area (Å²) in [4.78, 5) is 0. The third kappa shape index (κ3) is 2.68. The van der Waals surface area contributed by atoms with Gasteiger partial charge in [0.2, 0.25) is 0 Å². The second kappa shape index (κ2) is 5.44. The predicted molar refractivity (Wildman–Crippen MR) is 67.7 cm³/mol. The highest BCUT2D eigenvalue weighted by atomic mass is 79.9. The molecule has 1 saturated heterocycles. The van der Waals surface area contributed by atoms with Crippen LogP contribution in [0, 0.1) is 11.7 Å². The van der Waals surface area contributed by atoms with Crippen molar-refractivity contribution in [3.8, 4) is 0 Å². The van der Waals surface area contributed by atoms with E-state index >= 15 is 0 Å². The Hall–Kier alpha value is -0.490. The Bertz CT molecular complexity index is 402. The van der Waals surface area contributed by atoms with E-state index < -0.39 is 0 Å². The van der Waals surface area contributed by atoms with Crippen molar-refractivity contribution in [1.29, 1.82) is 0 Å². The topological polar surface area (TPSA) is 47.3 Å². The molecule has 1 heterocycles. The van der Waals surface area contributed by atoms with E-state index in [1.807, 2.05) is 13.0 Å². The third-order valence-corrected chi connectivity index (χ3v) is 3.81. The van der Waals surface area contributed by atoms with E-state index in [2.05, 4.69) is 21.4 Å². The van der Waals surface area contributed by atoms with Crippen LogP contribution in [-0.2, 0) is 4.74 Å². The molecule has 1 aromatic rings. The molecule has 94 valence electrons. The van der Waals surface area contributed by atoms with Crippen LogP contribution in [0.5, 0.6) is 0 Å². The summed E-state index contributed by atoms with van der Waals surface area (Å²) < 4.78 is 20.0. The van der Waals surface area contributed by atoms with Crippen molar-refractivity contribution < 1.29 is 9.13 Å². The molecule has 1 fully saturated rings. The number of rotatable bonds is 3. The van der Waals surface area contributed by atoms with Crippen LogP contribution in [0.1, 0.15) is 24.9 Å². The zero-order chi connectivity index (χ0) is 12.4. The Morgan fingerprint density at radius 3 is 2.94 bits per heavy atom. The van der Waals surface area contributed by atoms with E-state index in [-0.39, 0.29) is 23.9 Å². The van der Waals surface area contributed by atoms with E-state index in [0.29, 0.717) is 16.6 Å². The molecule has 0 radical (unpaired) electrons. The molecule has 17 heavy (non-hydrogen) atoms. The molecule has 3 atom stereocenters. The van der Waals surface area contributed by atoms with Gasteiger partial charge in [0.25, 0.3) is 0 Å². The van der Waals surface area contributed by atoms with E-state index in [1.54, 1.807) is 12.1 Å². The Kier molecular flexibility index (Phi) is 4.14. The molecular formula is C12H16BrFN2O. The summed E-state index contributed by atoms with van der Waals surface area (Å²) >= 11 is 3.19. The van der Waals surface area contributed by atoms with Gasteiger partial charge in [0, 0.05) is 11.5 Å². The number of benzene rings is 1. The molecule has 2 rings (SSSR count). The maximum absolute atomic E-state index is 14.0. The van der Waals surface area contributed by atoms with E-state index in [0.717, 1.165) is 6.42 Å². The van der Waals surface area contributed by atoms with Crippen molar-refractivity contribution in [1.82, 2.24) is 5.43 Å². The van der Waals surface area contributed by atoms with Gasteiger partial charge in [-0.15, -0.1) is 0 Å². The Morgan fingerprint density at radius 1 is 1.59 bits per heavy atom. The second-order valence-electron chi connectivity index (χ2n) is 4.43. The third-order valence-electron chi connectivity index (χ3n) is 3.20. The number of halogens is 2. The Balaban J connectivity index is 2.26. The molecule has 0 bridgehead atoms. The van der Waals surface area contributed by atoms with Gasteiger partial charge < -0.3 is 4.74 Å². The Labute approximate surface area is 109 Å². The first-order valence-corrected chi connectivity index (χ1v) is 6.44. The summed E-state index contributed by atoms with van der Waals surface area (Å²) in [7, 11) is 0. The zero-order valence-corrected chi connectivity index (χ0v) is 11.2. The number of nitrogens with one attached hydrogen (secondary N) is 1. The molecule has 1 aromatic carbocycles. The van der Waals surface area contributed by atoms with Crippen molar-refractivity contribution in [2.24, 2.45) is 11.8 Å². The van der Waals surface area contributed by atoms with Crippen LogP contribution >= 0.6 is 15.9 Å². The van der Waals surface area contributed by atoms with Gasteiger partial charge in [0.15, 0.2) is 0 Å².